The number of hydrazone groups is 1. The van der Waals surface area contributed by atoms with Gasteiger partial charge in [-0.25, -0.2) is 10.1 Å². The first-order chi connectivity index (χ1) is 3.30. The van der Waals surface area contributed by atoms with E-state index in [4.69, 9.17) is 0 Å². The van der Waals surface area contributed by atoms with Crippen LogP contribution in [0.1, 0.15) is 7.43 Å². The summed E-state index contributed by atoms with van der Waals surface area (Å²) in [4.78, 5) is 0. The van der Waals surface area contributed by atoms with Crippen molar-refractivity contribution < 1.29 is 12.4 Å². The molecule has 0 unspecified atom stereocenters. The van der Waals surface area contributed by atoms with E-state index in [9.17, 15) is 0 Å². The van der Waals surface area contributed by atoms with E-state index in [2.05, 4.69) is 5.10 Å². The summed E-state index contributed by atoms with van der Waals surface area (Å²) in [5, 5.41) is 7.77. The summed E-state index contributed by atoms with van der Waals surface area (Å²) in [6, 6.07) is 0. The van der Waals surface area contributed by atoms with Crippen molar-refractivity contribution in [2.24, 2.45) is 5.10 Å². The first-order valence-corrected chi connectivity index (χ1v) is 2.28. The van der Waals surface area contributed by atoms with Crippen LogP contribution in [-0.2, 0) is 0 Å². The summed E-state index contributed by atoms with van der Waals surface area (Å²) < 4.78 is 0. The van der Waals surface area contributed by atoms with Crippen LogP contribution in [0.25, 0.3) is 0 Å². The molecule has 0 atom stereocenters. The summed E-state index contributed by atoms with van der Waals surface area (Å²) in [6.45, 7) is 0.941. The number of halogens is 1. The Morgan fingerprint density at radius 2 is 2.00 bits per heavy atom. The Bertz CT molecular complexity index is 94.2. The number of hydrogen-bond acceptors (Lipinski definition) is 3. The van der Waals surface area contributed by atoms with Crippen molar-refractivity contribution in [2.45, 2.75) is 7.43 Å². The van der Waals surface area contributed by atoms with E-state index in [1.807, 2.05) is 25.3 Å². The molecule has 0 saturated heterocycles. The van der Waals surface area contributed by atoms with Crippen LogP contribution < -0.4 is 12.4 Å². The van der Waals surface area contributed by atoms with E-state index in [0.717, 1.165) is 6.54 Å². The van der Waals surface area contributed by atoms with Gasteiger partial charge >= 0.3 is 0 Å². The summed E-state index contributed by atoms with van der Waals surface area (Å²) >= 11 is 0. The molecule has 0 aliphatic carbocycles. The lowest BCUT2D eigenvalue weighted by molar-refractivity contribution is -0.00000201. The van der Waals surface area contributed by atoms with Gasteiger partial charge in [0.05, 0.1) is 6.54 Å². The minimum Gasteiger partial charge on any atom is -1.00 e. The molecule has 1 aliphatic rings. The molecule has 0 fully saturated rings. The van der Waals surface area contributed by atoms with Gasteiger partial charge in [-0.2, -0.15) is 5.10 Å². The van der Waals surface area contributed by atoms with Crippen LogP contribution in [0.5, 0.6) is 0 Å². The zero-order valence-electron chi connectivity index (χ0n) is 5.00. The molecule has 1 rings (SSSR count). The topological polar surface area (TPSA) is 18.8 Å². The van der Waals surface area contributed by atoms with Crippen LogP contribution in [0.2, 0.25) is 0 Å². The highest BCUT2D eigenvalue weighted by Gasteiger charge is 2.04. The SMILES string of the molecule is C.CN1CC=NN1C.[Cl-]. The van der Waals surface area contributed by atoms with Crippen molar-refractivity contribution in [3.05, 3.63) is 0 Å². The normalized spacial score (nSPS) is 16.9. The second-order valence-corrected chi connectivity index (χ2v) is 1.63. The largest absolute Gasteiger partial charge is 1.00 e. The highest BCUT2D eigenvalue weighted by molar-refractivity contribution is 5.60. The van der Waals surface area contributed by atoms with Gasteiger partial charge in [-0.1, -0.05) is 7.43 Å². The molecule has 0 bridgehead atoms. The van der Waals surface area contributed by atoms with Gasteiger partial charge in [0.1, 0.15) is 0 Å². The van der Waals surface area contributed by atoms with E-state index in [0.29, 0.717) is 0 Å². The van der Waals surface area contributed by atoms with Crippen LogP contribution in [-0.4, -0.2) is 37.0 Å². The second kappa shape index (κ2) is 4.58. The molecule has 0 saturated carbocycles. The van der Waals surface area contributed by atoms with Gasteiger partial charge in [0.15, 0.2) is 0 Å². The van der Waals surface area contributed by atoms with Crippen LogP contribution >= 0.6 is 0 Å². The average Bonchev–Trinajstić information content (AvgIpc) is 1.91. The van der Waals surface area contributed by atoms with Crippen molar-refractivity contribution in [3.8, 4) is 0 Å². The van der Waals surface area contributed by atoms with E-state index in [1.54, 1.807) is 5.12 Å². The minimum absolute atomic E-state index is 0. The van der Waals surface area contributed by atoms with Crippen molar-refractivity contribution >= 4 is 6.21 Å². The third-order valence-corrected chi connectivity index (χ3v) is 1.09. The molecule has 9 heavy (non-hydrogen) atoms. The summed E-state index contributed by atoms with van der Waals surface area (Å²) in [5.41, 5.74) is 0. The fourth-order valence-corrected chi connectivity index (χ4v) is 0.479. The molecule has 1 heterocycles. The van der Waals surface area contributed by atoms with Crippen LogP contribution in [0.3, 0.4) is 0 Å². The molecule has 0 radical (unpaired) electrons. The minimum atomic E-state index is 0. The quantitative estimate of drug-likeness (QED) is 0.378. The third-order valence-electron chi connectivity index (χ3n) is 1.09. The van der Waals surface area contributed by atoms with Crippen molar-refractivity contribution in [1.82, 2.24) is 10.1 Å². The maximum absolute atomic E-state index is 3.95. The highest BCUT2D eigenvalue weighted by atomic mass is 35.5. The Morgan fingerprint density at radius 1 is 1.44 bits per heavy atom. The van der Waals surface area contributed by atoms with Gasteiger partial charge in [-0.05, 0) is 0 Å². The van der Waals surface area contributed by atoms with Gasteiger partial charge in [-0.3, -0.25) is 0 Å². The fraction of sp³-hybridized carbons (Fsp3) is 0.800. The third kappa shape index (κ3) is 2.67. The Morgan fingerprint density at radius 3 is 2.11 bits per heavy atom. The zero-order chi connectivity index (χ0) is 5.28. The Kier molecular flexibility index (Phi) is 5.86. The molecule has 0 spiro atoms. The molecular formula is C5H13ClN3-. The second-order valence-electron chi connectivity index (χ2n) is 1.63. The Hall–Kier alpha value is -0.280. The van der Waals surface area contributed by atoms with E-state index < -0.39 is 0 Å². The maximum Gasteiger partial charge on any atom is 0.0566 e. The zero-order valence-corrected chi connectivity index (χ0v) is 5.76. The standard InChI is InChI=1S/C4H9N3.CH4.ClH/c1-6-4-3-5-7(6)2;;/h3H,4H2,1-2H3;1H4;1H/p-1. The van der Waals surface area contributed by atoms with Crippen molar-refractivity contribution in [2.75, 3.05) is 20.6 Å². The Balaban J connectivity index is 0. The van der Waals surface area contributed by atoms with E-state index >= 15 is 0 Å². The molecule has 4 heteroatoms. The lowest BCUT2D eigenvalue weighted by Gasteiger charge is -2.16. The molecule has 0 N–H and O–H groups in total. The molecular weight excluding hydrogens is 138 g/mol. The number of hydrazine groups is 1. The summed E-state index contributed by atoms with van der Waals surface area (Å²) in [5.74, 6) is 0. The summed E-state index contributed by atoms with van der Waals surface area (Å²) in [7, 11) is 3.91. The monoisotopic (exact) mass is 150 g/mol. The van der Waals surface area contributed by atoms with Crippen LogP contribution in [0, 0.1) is 0 Å². The molecule has 3 nitrogen and oxygen atoms in total. The highest BCUT2D eigenvalue weighted by Crippen LogP contribution is 1.94. The number of rotatable bonds is 0. The van der Waals surface area contributed by atoms with Crippen LogP contribution in [0.4, 0.5) is 0 Å². The van der Waals surface area contributed by atoms with E-state index in [1.165, 1.54) is 0 Å². The molecule has 0 amide bonds. The maximum atomic E-state index is 3.95. The van der Waals surface area contributed by atoms with Crippen LogP contribution in [0.15, 0.2) is 5.10 Å². The first-order valence-electron chi connectivity index (χ1n) is 2.28. The van der Waals surface area contributed by atoms with E-state index in [-0.39, 0.29) is 19.8 Å². The average molecular weight is 151 g/mol. The molecule has 1 aliphatic heterocycles. The van der Waals surface area contributed by atoms with Gasteiger partial charge in [0, 0.05) is 20.3 Å². The lowest BCUT2D eigenvalue weighted by Crippen LogP contribution is -3.00. The van der Waals surface area contributed by atoms with Gasteiger partial charge in [0.2, 0.25) is 0 Å². The van der Waals surface area contributed by atoms with Gasteiger partial charge in [0.25, 0.3) is 0 Å². The molecule has 56 valence electrons. The predicted molar refractivity (Wildman–Crippen MR) is 35.6 cm³/mol. The van der Waals surface area contributed by atoms with Crippen molar-refractivity contribution in [3.63, 3.8) is 0 Å². The fourth-order valence-electron chi connectivity index (χ4n) is 0.479. The molecule has 0 aromatic heterocycles. The first kappa shape index (κ1) is 11.5. The lowest BCUT2D eigenvalue weighted by atomic mass is 10.7. The number of nitrogens with zero attached hydrogens (tertiary/aromatic N) is 3. The predicted octanol–water partition coefficient (Wildman–Crippen LogP) is -2.60. The molecule has 0 aromatic rings. The van der Waals surface area contributed by atoms with Crippen molar-refractivity contribution in [1.29, 1.82) is 0 Å². The van der Waals surface area contributed by atoms with Gasteiger partial charge in [-0.15, -0.1) is 0 Å². The van der Waals surface area contributed by atoms with Gasteiger partial charge < -0.3 is 12.4 Å². The molecule has 0 aromatic carbocycles. The smallest absolute Gasteiger partial charge is 0.0566 e. The summed E-state index contributed by atoms with van der Waals surface area (Å²) in [6.07, 6.45) is 1.88. The Labute approximate surface area is 62.7 Å². The number of hydrogen-bond donors (Lipinski definition) is 0.